The predicted molar refractivity (Wildman–Crippen MR) is 555 cm³/mol. The number of nitrogens with two attached hydrogens (primary N) is 4. The lowest BCUT2D eigenvalue weighted by Gasteiger charge is -2.28. The van der Waals surface area contributed by atoms with E-state index in [1.165, 1.54) is 229 Å². The van der Waals surface area contributed by atoms with Crippen LogP contribution in [0.3, 0.4) is 0 Å². The minimum Gasteiger partial charge on any atom is -0.399 e. The van der Waals surface area contributed by atoms with Crippen molar-refractivity contribution in [3.05, 3.63) is 247 Å². The Morgan fingerprint density at radius 2 is 0.669 bits per heavy atom. The molecule has 0 bridgehead atoms. The fourth-order valence-electron chi connectivity index (χ4n) is 21.0. The molecule has 8 aliphatic rings. The maximum absolute atomic E-state index is 12.0. The zero-order chi connectivity index (χ0) is 91.9. The van der Waals surface area contributed by atoms with Crippen LogP contribution in [0.1, 0.15) is 264 Å². The average Bonchev–Trinajstić information content (AvgIpc) is 1.62. The first-order valence-corrected chi connectivity index (χ1v) is 51.5. The van der Waals surface area contributed by atoms with Gasteiger partial charge < -0.3 is 43.4 Å². The first-order valence-electron chi connectivity index (χ1n) is 49.8. The van der Waals surface area contributed by atoms with Crippen molar-refractivity contribution in [1.29, 1.82) is 0 Å². The van der Waals surface area contributed by atoms with Crippen molar-refractivity contribution in [2.24, 2.45) is 5.92 Å². The lowest BCUT2D eigenvalue weighted by Crippen LogP contribution is -2.41. The Hall–Kier alpha value is -9.01. The van der Waals surface area contributed by atoms with Crippen LogP contribution in [-0.2, 0) is 117 Å². The van der Waals surface area contributed by atoms with Gasteiger partial charge in [0, 0.05) is 86.0 Å². The number of rotatable bonds is 28. The van der Waals surface area contributed by atoms with Crippen LogP contribution in [0.15, 0.2) is 158 Å². The fourth-order valence-corrected chi connectivity index (χ4v) is 22.7. The topological polar surface area (TPSA) is 221 Å². The van der Waals surface area contributed by atoms with E-state index in [0.717, 1.165) is 106 Å². The summed E-state index contributed by atoms with van der Waals surface area (Å²) in [6.45, 7) is 38.4. The molecule has 8 aromatic carbocycles. The van der Waals surface area contributed by atoms with Crippen molar-refractivity contribution >= 4 is 82.5 Å². The molecule has 0 aliphatic heterocycles. The summed E-state index contributed by atoms with van der Waals surface area (Å²) in [5.41, 5.74) is 50.6. The fraction of sp³-hybridized carbons (Fsp3) is 0.527. The van der Waals surface area contributed by atoms with E-state index in [1.54, 1.807) is 33.8 Å². The molecule has 18 heteroatoms. The number of fused-ring (bicyclic) bond motifs is 11. The average molecular weight is 1800 g/mol. The lowest BCUT2D eigenvalue weighted by molar-refractivity contribution is -0.133. The van der Waals surface area contributed by atoms with Gasteiger partial charge in [0.25, 0.3) is 0 Å². The van der Waals surface area contributed by atoms with Crippen LogP contribution in [-0.4, -0.2) is 153 Å². The second-order valence-electron chi connectivity index (χ2n) is 37.3. The number of nitrogens with one attached hydrogen (secondary N) is 2. The van der Waals surface area contributed by atoms with Crippen molar-refractivity contribution in [2.75, 3.05) is 81.8 Å². The first kappa shape index (κ1) is 103. The van der Waals surface area contributed by atoms with Crippen molar-refractivity contribution < 1.29 is 14.4 Å². The molecule has 130 heavy (non-hydrogen) atoms. The van der Waals surface area contributed by atoms with Gasteiger partial charge in [-0.1, -0.05) is 235 Å². The van der Waals surface area contributed by atoms with E-state index in [2.05, 4.69) is 260 Å². The van der Waals surface area contributed by atoms with E-state index in [9.17, 15) is 14.4 Å². The molecule has 2 heterocycles. The number of aromatic nitrogens is 2. The highest BCUT2D eigenvalue weighted by molar-refractivity contribution is 7.22. The first-order chi connectivity index (χ1) is 62.6. The van der Waals surface area contributed by atoms with Crippen LogP contribution < -0.4 is 33.6 Å². The summed E-state index contributed by atoms with van der Waals surface area (Å²) in [5.74, 6) is 1.59. The number of anilines is 4. The van der Waals surface area contributed by atoms with E-state index in [1.807, 2.05) is 32.9 Å². The highest BCUT2D eigenvalue weighted by Crippen LogP contribution is 2.39. The minimum atomic E-state index is 0. The Morgan fingerprint density at radius 1 is 0.338 bits per heavy atom. The molecule has 16 nitrogen and oxygen atoms in total. The lowest BCUT2D eigenvalue weighted by atomic mass is 10.1. The third-order valence-electron chi connectivity index (χ3n) is 27.0. The van der Waals surface area contributed by atoms with Crippen molar-refractivity contribution in [3.63, 3.8) is 0 Å². The molecule has 10 N–H and O–H groups in total. The van der Waals surface area contributed by atoms with Gasteiger partial charge >= 0.3 is 0 Å². The predicted octanol–water partition coefficient (Wildman–Crippen LogP) is 21.9. The summed E-state index contributed by atoms with van der Waals surface area (Å²) in [7, 11) is 0. The third kappa shape index (κ3) is 28.8. The number of carbonyl (C=O) groups is 3. The molecule has 18 rings (SSSR count). The normalized spacial score (nSPS) is 16.9. The number of hydrogen-bond acceptors (Lipinski definition) is 15. The SMILES string of the molecule is C.CC1Cc2ccccc2C1.CCC(=O)NC1Cc2ccccc2C1.CCCN(C(=O)CC)C1Cc2ccc(N)cc2C1.CCCN(C(=O)CC)C1Cc2ccccc2C1.CCCN(CCC)C1Cc2cc3nc(N)sc3cc2C1.CCCN(CCC)C1Cc2ccc(N)cc2C1.CCCN(CCC)C1Cc2ccc3nc(N)sc3c2C1.CCCNC1Cc2ccccc2C1. The van der Waals surface area contributed by atoms with E-state index < -0.39 is 0 Å². The van der Waals surface area contributed by atoms with Crippen LogP contribution in [0.25, 0.3) is 20.4 Å². The Kier molecular flexibility index (Phi) is 41.6. The van der Waals surface area contributed by atoms with Gasteiger partial charge in [0.15, 0.2) is 10.3 Å². The molecule has 704 valence electrons. The number of hydrogen-bond donors (Lipinski definition) is 6. The molecule has 10 aromatic rings. The van der Waals surface area contributed by atoms with E-state index in [4.69, 9.17) is 22.9 Å². The van der Waals surface area contributed by atoms with E-state index >= 15 is 0 Å². The molecule has 0 radical (unpaired) electrons. The standard InChI is InChI=1S/2C16H23N3S.C15H22N2O.C15H24N2.C15H21NO.C12H15NO.C12H17N.C10H12.CH4/c1-3-7-19(8-4-2)12-9-11-5-6-14-15(13(11)10-12)20-16(17)18-14;1-3-5-19(6-4-2)13-7-11-9-14-15(10-12(11)8-13)20-16(17)18-14;1-3-7-17(15(18)4-2)14-9-11-5-6-13(16)8-12(11)10-14;1-3-7-17(8-4-2)15-10-12-5-6-14(16)9-13(12)11-15;1-3-9-16(15(17)4-2)14-10-12-7-5-6-8-13(12)11-14;1-2-12(14)13-11-7-9-5-3-4-6-10(9)8-11;1-2-7-13-12-8-10-5-3-4-6-11(10)9-12;1-8-6-9-4-2-3-5-10(9)7-8;/h5-6,12H,3-4,7-10H2,1-2H3,(H2,17,18);9-10,13H,3-8H2,1-2H3,(H2,17,18);5-6,8,14H,3-4,7,9-10,16H2,1-2H3;5-6,9,15H,3-4,7-8,10-11,16H2,1-2H3;5-8,14H,3-4,9-11H2,1-2H3;3-6,11H,2,7-8H2,1H3,(H,13,14);3-6,12-13H,2,7-9H2,1H3;2-5,8H,6-7H2,1H3;1H4. The van der Waals surface area contributed by atoms with Crippen LogP contribution in [0.2, 0.25) is 0 Å². The van der Waals surface area contributed by atoms with Gasteiger partial charge in [0.1, 0.15) is 0 Å². The summed E-state index contributed by atoms with van der Waals surface area (Å²) in [6, 6.07) is 59.8. The van der Waals surface area contributed by atoms with Gasteiger partial charge in [-0.25, -0.2) is 9.97 Å². The molecule has 3 amide bonds. The van der Waals surface area contributed by atoms with Crippen LogP contribution >= 0.6 is 22.7 Å². The van der Waals surface area contributed by atoms with Crippen molar-refractivity contribution in [3.8, 4) is 0 Å². The van der Waals surface area contributed by atoms with Gasteiger partial charge in [0.2, 0.25) is 17.7 Å². The number of nitrogens with zero attached hydrogens (tertiary/aromatic N) is 7. The van der Waals surface area contributed by atoms with Gasteiger partial charge in [0.05, 0.1) is 20.4 Å². The summed E-state index contributed by atoms with van der Waals surface area (Å²) in [4.78, 5) is 56.1. The Labute approximate surface area is 790 Å². The molecule has 0 saturated carbocycles. The molecule has 8 aliphatic carbocycles. The Morgan fingerprint density at radius 3 is 1.08 bits per heavy atom. The zero-order valence-corrected chi connectivity index (χ0v) is 82.4. The number of thiazole rings is 2. The van der Waals surface area contributed by atoms with Crippen LogP contribution in [0.4, 0.5) is 21.6 Å². The third-order valence-corrected chi connectivity index (χ3v) is 28.8. The monoisotopic (exact) mass is 1800 g/mol. The minimum absolute atomic E-state index is 0. The van der Waals surface area contributed by atoms with Gasteiger partial charge in [-0.3, -0.25) is 29.1 Å². The van der Waals surface area contributed by atoms with Crippen molar-refractivity contribution in [2.45, 2.75) is 320 Å². The van der Waals surface area contributed by atoms with Gasteiger partial charge in [-0.15, -0.1) is 0 Å². The van der Waals surface area contributed by atoms with E-state index in [-0.39, 0.29) is 19.2 Å². The maximum atomic E-state index is 12.0. The molecular formula is C112H161N13O3S2. The second kappa shape index (κ2) is 52.4. The van der Waals surface area contributed by atoms with E-state index in [0.29, 0.717) is 77.7 Å². The summed E-state index contributed by atoms with van der Waals surface area (Å²) in [6.07, 6.45) is 30.6. The summed E-state index contributed by atoms with van der Waals surface area (Å²) in [5, 5.41) is 7.98. The van der Waals surface area contributed by atoms with Crippen molar-refractivity contribution in [1.82, 2.24) is 45.1 Å². The highest BCUT2D eigenvalue weighted by Gasteiger charge is 2.34. The summed E-state index contributed by atoms with van der Waals surface area (Å²) < 4.78 is 2.55. The largest absolute Gasteiger partial charge is 0.399 e. The summed E-state index contributed by atoms with van der Waals surface area (Å²) >= 11 is 3.25. The molecule has 2 aromatic heterocycles. The van der Waals surface area contributed by atoms with Crippen LogP contribution in [0, 0.1) is 5.92 Å². The number of benzene rings is 8. The molecule has 0 saturated heterocycles. The number of amides is 3. The van der Waals surface area contributed by atoms with Crippen LogP contribution in [0.5, 0.6) is 0 Å². The molecule has 0 spiro atoms. The highest BCUT2D eigenvalue weighted by atomic mass is 32.1. The number of carbonyl (C=O) groups excluding carboxylic acids is 3. The number of nitrogen functional groups attached to an aromatic ring is 4. The zero-order valence-electron chi connectivity index (χ0n) is 80.8. The molecule has 0 fully saturated rings. The Bertz CT molecular complexity index is 5010. The van der Waals surface area contributed by atoms with Gasteiger partial charge in [-0.05, 0) is 344 Å². The molecule has 4 unspecified atom stereocenters. The second-order valence-corrected chi connectivity index (χ2v) is 39.4. The molecule has 4 atom stereocenters. The quantitative estimate of drug-likeness (QED) is 0.0252. The van der Waals surface area contributed by atoms with Gasteiger partial charge in [-0.2, -0.15) is 0 Å². The smallest absolute Gasteiger partial charge is 0.222 e. The Balaban J connectivity index is 0.000000155. The molecular weight excluding hydrogens is 1640 g/mol. The maximum Gasteiger partial charge on any atom is 0.222 e.